The van der Waals surface area contributed by atoms with Crippen LogP contribution in [-0.4, -0.2) is 94.0 Å². The third-order valence-corrected chi connectivity index (χ3v) is 7.23. The Hall–Kier alpha value is -4.63. The van der Waals surface area contributed by atoms with E-state index in [9.17, 15) is 27.9 Å². The molecule has 1 aliphatic rings. The Labute approximate surface area is 253 Å². The number of nitrogen functional groups attached to an aromatic ring is 1. The Morgan fingerprint density at radius 1 is 1.30 bits per heavy atom. The number of nitrogens with two attached hydrogens (primary N) is 2. The molecule has 0 spiro atoms. The zero-order valence-corrected chi connectivity index (χ0v) is 24.8. The normalized spacial score (nSPS) is 17.1. The lowest BCUT2D eigenvalue weighted by Gasteiger charge is -2.50. The number of oxime groups is 1. The van der Waals surface area contributed by atoms with Gasteiger partial charge >= 0.3 is 16.4 Å². The summed E-state index contributed by atoms with van der Waals surface area (Å²) in [5.74, 6) is -2.54. The lowest BCUT2D eigenvalue weighted by Crippen LogP contribution is -2.76. The van der Waals surface area contributed by atoms with E-state index in [-0.39, 0.29) is 10.8 Å². The number of thiazole rings is 1. The van der Waals surface area contributed by atoms with Gasteiger partial charge < -0.3 is 36.8 Å². The lowest BCUT2D eigenvalue weighted by molar-refractivity contribution is -0.218. The third-order valence-electron chi connectivity index (χ3n) is 6.22. The van der Waals surface area contributed by atoms with Gasteiger partial charge in [-0.15, -0.1) is 15.6 Å². The van der Waals surface area contributed by atoms with Crippen LogP contribution in [0, 0.1) is 0 Å². The molecule has 3 aromatic rings. The van der Waals surface area contributed by atoms with Crippen LogP contribution in [0.25, 0.3) is 10.8 Å². The van der Waals surface area contributed by atoms with Gasteiger partial charge in [0.1, 0.15) is 29.9 Å². The second-order valence-electron chi connectivity index (χ2n) is 9.71. The molecular formula is C24H28N8O10S2. The highest BCUT2D eigenvalue weighted by molar-refractivity contribution is 7.80. The van der Waals surface area contributed by atoms with E-state index < -0.39 is 58.2 Å². The number of carboxylic acid groups (broad SMARTS) is 1. The smallest absolute Gasteiger partial charge is 0.418 e. The molecule has 236 valence electrons. The Bertz CT molecular complexity index is 1710. The zero-order valence-electron chi connectivity index (χ0n) is 23.2. The summed E-state index contributed by atoms with van der Waals surface area (Å²) in [6.07, 6.45) is -0.0954. The van der Waals surface area contributed by atoms with Crippen molar-refractivity contribution in [3.63, 3.8) is 0 Å². The highest BCUT2D eigenvalue weighted by Gasteiger charge is 2.58. The largest absolute Gasteiger partial charge is 0.489 e. The molecule has 0 bridgehead atoms. The fourth-order valence-corrected chi connectivity index (χ4v) is 5.03. The maximum Gasteiger partial charge on any atom is 0.418 e. The minimum Gasteiger partial charge on any atom is -0.489 e. The number of hydroxylamine groups is 2. The summed E-state index contributed by atoms with van der Waals surface area (Å²) in [6.45, 7) is 3.14. The molecular weight excluding hydrogens is 624 g/mol. The molecule has 0 saturated carbocycles. The van der Waals surface area contributed by atoms with Gasteiger partial charge in [-0.25, -0.2) is 14.8 Å². The monoisotopic (exact) mass is 652 g/mol. The van der Waals surface area contributed by atoms with E-state index in [4.69, 9.17) is 25.6 Å². The molecule has 2 atom stereocenters. The number of nitrogens with one attached hydrogen (secondary N) is 2. The van der Waals surface area contributed by atoms with Crippen LogP contribution in [-0.2, 0) is 33.9 Å². The Morgan fingerprint density at radius 3 is 2.66 bits per heavy atom. The Morgan fingerprint density at radius 2 is 2.05 bits per heavy atom. The van der Waals surface area contributed by atoms with Crippen molar-refractivity contribution in [2.75, 3.05) is 30.7 Å². The number of benzene rings is 1. The maximum atomic E-state index is 13.2. The Balaban J connectivity index is 1.49. The fourth-order valence-electron chi connectivity index (χ4n) is 4.03. The van der Waals surface area contributed by atoms with Gasteiger partial charge in [-0.05, 0) is 43.5 Å². The second kappa shape index (κ2) is 12.9. The number of pyridine rings is 1. The molecule has 44 heavy (non-hydrogen) atoms. The summed E-state index contributed by atoms with van der Waals surface area (Å²) in [5, 5.41) is 22.2. The number of rotatable bonds is 14. The number of aromatic nitrogens is 2. The first-order valence-corrected chi connectivity index (χ1v) is 14.9. The van der Waals surface area contributed by atoms with Crippen LogP contribution in [0.5, 0.6) is 5.75 Å². The quantitative estimate of drug-likeness (QED) is 0.0566. The van der Waals surface area contributed by atoms with Crippen LogP contribution >= 0.6 is 11.3 Å². The first-order chi connectivity index (χ1) is 20.7. The number of carbonyl (C=O) groups is 3. The van der Waals surface area contributed by atoms with E-state index in [0.717, 1.165) is 22.1 Å². The lowest BCUT2D eigenvalue weighted by atomic mass is 9.84. The summed E-state index contributed by atoms with van der Waals surface area (Å²) in [4.78, 5) is 51.0. The van der Waals surface area contributed by atoms with Gasteiger partial charge in [0.2, 0.25) is 0 Å². The van der Waals surface area contributed by atoms with Gasteiger partial charge in [0.15, 0.2) is 10.8 Å². The van der Waals surface area contributed by atoms with Gasteiger partial charge in [-0.1, -0.05) is 5.16 Å². The number of carbonyl (C=O) groups excluding carboxylic acids is 2. The maximum absolute atomic E-state index is 13.2. The molecule has 2 aromatic heterocycles. The molecule has 18 nitrogen and oxygen atoms in total. The number of aliphatic carboxylic acids is 1. The minimum atomic E-state index is -5.02. The third kappa shape index (κ3) is 7.29. The number of β-lactam (4-membered cyclic amide) rings is 1. The van der Waals surface area contributed by atoms with E-state index in [1.54, 1.807) is 30.5 Å². The predicted octanol–water partition coefficient (Wildman–Crippen LogP) is -0.263. The second-order valence-corrected chi connectivity index (χ2v) is 11.6. The van der Waals surface area contributed by atoms with Crippen molar-refractivity contribution in [3.8, 4) is 5.75 Å². The van der Waals surface area contributed by atoms with Crippen molar-refractivity contribution in [1.82, 2.24) is 20.3 Å². The highest BCUT2D eigenvalue weighted by atomic mass is 32.3. The molecule has 1 aliphatic heterocycles. The molecule has 0 aliphatic carbocycles. The topological polar surface area (TPSA) is 271 Å². The van der Waals surface area contributed by atoms with Gasteiger partial charge in [0.25, 0.3) is 17.9 Å². The van der Waals surface area contributed by atoms with Crippen LogP contribution in [0.15, 0.2) is 41.0 Å². The van der Waals surface area contributed by atoms with Crippen molar-refractivity contribution < 1.29 is 46.3 Å². The van der Waals surface area contributed by atoms with E-state index in [1.165, 1.54) is 19.2 Å². The number of hydrogen-bond donors (Lipinski definition) is 6. The number of nitrogens with zero attached hydrogens (tertiary/aromatic N) is 4. The predicted molar refractivity (Wildman–Crippen MR) is 156 cm³/mol. The SMILES string of the molecule is CC1(C)[C@H](NC(=O)/C(=N\O[C@@H](COc2ccc3c(NCCN)nccc3c2)C(=O)O)c2csc(N)n2)C(=O)N1OS(=O)(=O)O. The fraction of sp³-hybridized carbons (Fsp3) is 0.333. The molecule has 4 rings (SSSR count). The van der Waals surface area contributed by atoms with Crippen LogP contribution in [0.4, 0.5) is 10.9 Å². The molecule has 8 N–H and O–H groups in total. The standard InChI is InChI=1S/C24H28N8O10S2/c1-24(2)18(21(34)32(24)42-44(37,38)39)30-20(33)17(15-11-43-23(26)29-15)31-41-16(22(35)36)10-40-13-3-4-14-12(9-13)5-7-27-19(14)28-8-6-25/h3-5,7,9,11,16,18H,6,8,10,25H2,1-2H3,(H2,26,29)(H,27,28)(H,30,33)(H,35,36)(H,37,38,39)/b31-17-/t16-,18+/m0/s1. The number of ether oxygens (including phenoxy) is 1. The molecule has 20 heteroatoms. The highest BCUT2D eigenvalue weighted by Crippen LogP contribution is 2.33. The number of carboxylic acids is 1. The molecule has 1 aromatic carbocycles. The summed E-state index contributed by atoms with van der Waals surface area (Å²) >= 11 is 0.954. The molecule has 1 fully saturated rings. The average molecular weight is 653 g/mol. The van der Waals surface area contributed by atoms with Crippen molar-refractivity contribution in [2.45, 2.75) is 31.5 Å². The molecule has 2 amide bonds. The first kappa shape index (κ1) is 32.3. The van der Waals surface area contributed by atoms with Gasteiger partial charge in [0, 0.05) is 30.1 Å². The van der Waals surface area contributed by atoms with E-state index >= 15 is 0 Å². The first-order valence-electron chi connectivity index (χ1n) is 12.7. The molecule has 0 unspecified atom stereocenters. The minimum absolute atomic E-state index is 0.0549. The summed E-state index contributed by atoms with van der Waals surface area (Å²) in [7, 11) is -5.02. The number of fused-ring (bicyclic) bond motifs is 1. The van der Waals surface area contributed by atoms with E-state index in [0.29, 0.717) is 29.7 Å². The summed E-state index contributed by atoms with van der Waals surface area (Å²) in [5.41, 5.74) is 9.18. The summed E-state index contributed by atoms with van der Waals surface area (Å²) in [6, 6.07) is 5.45. The molecule has 0 radical (unpaired) electrons. The van der Waals surface area contributed by atoms with Crippen molar-refractivity contribution in [3.05, 3.63) is 41.5 Å². The van der Waals surface area contributed by atoms with Gasteiger partial charge in [0.05, 0.1) is 5.54 Å². The van der Waals surface area contributed by atoms with Crippen molar-refractivity contribution >= 4 is 67.0 Å². The number of amides is 2. The van der Waals surface area contributed by atoms with Crippen LogP contribution in [0.3, 0.4) is 0 Å². The van der Waals surface area contributed by atoms with Gasteiger partial charge in [-0.3, -0.25) is 14.1 Å². The average Bonchev–Trinajstić information content (AvgIpc) is 3.39. The zero-order chi connectivity index (χ0) is 32.2. The Kier molecular flexibility index (Phi) is 9.49. The van der Waals surface area contributed by atoms with Gasteiger partial charge in [-0.2, -0.15) is 13.5 Å². The number of anilines is 2. The molecule has 1 saturated heterocycles. The van der Waals surface area contributed by atoms with Crippen LogP contribution in [0.1, 0.15) is 19.5 Å². The number of hydrogen-bond acceptors (Lipinski definition) is 15. The van der Waals surface area contributed by atoms with Crippen LogP contribution < -0.4 is 26.8 Å². The summed E-state index contributed by atoms with van der Waals surface area (Å²) < 4.78 is 41.0. The van der Waals surface area contributed by atoms with Crippen molar-refractivity contribution in [2.24, 2.45) is 10.9 Å². The van der Waals surface area contributed by atoms with Crippen LogP contribution in [0.2, 0.25) is 0 Å². The van der Waals surface area contributed by atoms with E-state index in [1.807, 2.05) is 0 Å². The van der Waals surface area contributed by atoms with E-state index in [2.05, 4.69) is 30.0 Å². The van der Waals surface area contributed by atoms with Crippen molar-refractivity contribution in [1.29, 1.82) is 0 Å². The molecule has 3 heterocycles.